The average molecular weight is 240 g/mol. The van der Waals surface area contributed by atoms with Gasteiger partial charge in [0.1, 0.15) is 0 Å². The zero-order valence-corrected chi connectivity index (χ0v) is 10.9. The molecule has 90 valence electrons. The summed E-state index contributed by atoms with van der Waals surface area (Å²) < 4.78 is 0. The molecule has 0 aliphatic heterocycles. The van der Waals surface area contributed by atoms with Gasteiger partial charge in [-0.25, -0.2) is 0 Å². The fourth-order valence-electron chi connectivity index (χ4n) is 1.17. The summed E-state index contributed by atoms with van der Waals surface area (Å²) in [7, 11) is 0. The number of nitrogens with two attached hydrogens (primary N) is 1. The molecule has 0 spiro atoms. The molecule has 1 heterocycles. The molecule has 1 aromatic rings. The molecule has 0 aliphatic rings. The Hall–Kier alpha value is -0.870. The largest absolute Gasteiger partial charge is 0.352 e. The average Bonchev–Trinajstić information content (AvgIpc) is 2.65. The Bertz CT molecular complexity index is 327. The van der Waals surface area contributed by atoms with E-state index in [-0.39, 0.29) is 17.4 Å². The van der Waals surface area contributed by atoms with Crippen LogP contribution in [0.3, 0.4) is 0 Å². The molecule has 3 N–H and O–H groups in total. The fourth-order valence-corrected chi connectivity index (χ4v) is 1.84. The van der Waals surface area contributed by atoms with Gasteiger partial charge >= 0.3 is 0 Å². The fraction of sp³-hybridized carbons (Fsp3) is 0.583. The number of nitrogens with one attached hydrogen (secondary N) is 1. The number of carbonyl (C=O) groups excluding carboxylic acids is 1. The van der Waals surface area contributed by atoms with E-state index in [1.165, 1.54) is 0 Å². The maximum atomic E-state index is 11.6. The first-order valence-corrected chi connectivity index (χ1v) is 6.37. The molecule has 1 aromatic heterocycles. The van der Waals surface area contributed by atoms with Crippen molar-refractivity contribution in [3.05, 3.63) is 22.4 Å². The normalized spacial score (nSPS) is 13.5. The van der Waals surface area contributed by atoms with Crippen molar-refractivity contribution in [2.45, 2.75) is 39.8 Å². The predicted octanol–water partition coefficient (Wildman–Crippen LogP) is 2.13. The lowest BCUT2D eigenvalue weighted by molar-refractivity contribution is -0.122. The van der Waals surface area contributed by atoms with E-state index in [1.54, 1.807) is 11.3 Å². The van der Waals surface area contributed by atoms with Crippen molar-refractivity contribution in [3.8, 4) is 0 Å². The van der Waals surface area contributed by atoms with Crippen molar-refractivity contribution in [1.82, 2.24) is 5.32 Å². The Labute approximate surface area is 101 Å². The lowest BCUT2D eigenvalue weighted by Gasteiger charge is -2.26. The number of rotatable bonds is 4. The first-order chi connectivity index (χ1) is 7.39. The first kappa shape index (κ1) is 13.2. The van der Waals surface area contributed by atoms with Gasteiger partial charge in [-0.1, -0.05) is 20.8 Å². The predicted molar refractivity (Wildman–Crippen MR) is 68.2 cm³/mol. The lowest BCUT2D eigenvalue weighted by atomic mass is 9.85. The van der Waals surface area contributed by atoms with Crippen LogP contribution in [0, 0.1) is 5.41 Å². The van der Waals surface area contributed by atoms with Crippen LogP contribution in [-0.4, -0.2) is 11.9 Å². The Balaban J connectivity index is 2.31. The number of amides is 1. The third-order valence-corrected chi connectivity index (χ3v) is 3.32. The molecule has 0 saturated carbocycles. The summed E-state index contributed by atoms with van der Waals surface area (Å²) in [6, 6.07) is 1.91. The van der Waals surface area contributed by atoms with Crippen LogP contribution in [0.15, 0.2) is 16.8 Å². The number of hydrogen-bond donors (Lipinski definition) is 2. The maximum Gasteiger partial charge on any atom is 0.221 e. The summed E-state index contributed by atoms with van der Waals surface area (Å²) in [4.78, 5) is 11.6. The summed E-state index contributed by atoms with van der Waals surface area (Å²) >= 11 is 1.63. The molecule has 1 amide bonds. The SMILES string of the molecule is CC(C)(C)C(N)CC(=O)NCc1ccsc1. The van der Waals surface area contributed by atoms with Gasteiger partial charge in [-0.3, -0.25) is 4.79 Å². The van der Waals surface area contributed by atoms with E-state index < -0.39 is 0 Å². The molecule has 0 fully saturated rings. The molecule has 1 atom stereocenters. The van der Waals surface area contributed by atoms with Gasteiger partial charge in [0.25, 0.3) is 0 Å². The molecule has 4 heteroatoms. The lowest BCUT2D eigenvalue weighted by Crippen LogP contribution is -2.39. The molecule has 0 aliphatic carbocycles. The van der Waals surface area contributed by atoms with Crippen LogP contribution in [-0.2, 0) is 11.3 Å². The summed E-state index contributed by atoms with van der Waals surface area (Å²) in [6.45, 7) is 6.73. The van der Waals surface area contributed by atoms with Crippen molar-refractivity contribution in [2.75, 3.05) is 0 Å². The number of hydrogen-bond acceptors (Lipinski definition) is 3. The van der Waals surface area contributed by atoms with E-state index in [9.17, 15) is 4.79 Å². The summed E-state index contributed by atoms with van der Waals surface area (Å²) in [5.41, 5.74) is 7.06. The summed E-state index contributed by atoms with van der Waals surface area (Å²) in [5, 5.41) is 6.91. The highest BCUT2D eigenvalue weighted by atomic mass is 32.1. The van der Waals surface area contributed by atoms with Crippen LogP contribution in [0.1, 0.15) is 32.8 Å². The van der Waals surface area contributed by atoms with E-state index in [2.05, 4.69) is 5.32 Å². The number of carbonyl (C=O) groups is 1. The van der Waals surface area contributed by atoms with E-state index >= 15 is 0 Å². The zero-order chi connectivity index (χ0) is 12.2. The quantitative estimate of drug-likeness (QED) is 0.847. The van der Waals surface area contributed by atoms with Gasteiger partial charge < -0.3 is 11.1 Å². The minimum atomic E-state index is -0.102. The molecule has 0 aromatic carbocycles. The standard InChI is InChI=1S/C12H20N2OS/c1-12(2,3)10(13)6-11(15)14-7-9-4-5-16-8-9/h4-5,8,10H,6-7,13H2,1-3H3,(H,14,15). The van der Waals surface area contributed by atoms with Crippen molar-refractivity contribution in [1.29, 1.82) is 0 Å². The van der Waals surface area contributed by atoms with E-state index in [1.807, 2.05) is 37.6 Å². The second kappa shape index (κ2) is 5.46. The van der Waals surface area contributed by atoms with Crippen molar-refractivity contribution in [3.63, 3.8) is 0 Å². The van der Waals surface area contributed by atoms with Crippen LogP contribution < -0.4 is 11.1 Å². The second-order valence-corrected chi connectivity index (χ2v) is 5.87. The molecule has 3 nitrogen and oxygen atoms in total. The van der Waals surface area contributed by atoms with E-state index in [4.69, 9.17) is 5.73 Å². The highest BCUT2D eigenvalue weighted by Crippen LogP contribution is 2.19. The van der Waals surface area contributed by atoms with Gasteiger partial charge in [-0.05, 0) is 27.8 Å². The Morgan fingerprint density at radius 2 is 2.25 bits per heavy atom. The van der Waals surface area contributed by atoms with Gasteiger partial charge in [0.05, 0.1) is 0 Å². The zero-order valence-electron chi connectivity index (χ0n) is 10.1. The van der Waals surface area contributed by atoms with E-state index in [0.717, 1.165) is 5.56 Å². The topological polar surface area (TPSA) is 55.1 Å². The molecular weight excluding hydrogens is 220 g/mol. The van der Waals surface area contributed by atoms with Gasteiger partial charge in [-0.2, -0.15) is 11.3 Å². The molecule has 1 unspecified atom stereocenters. The highest BCUT2D eigenvalue weighted by molar-refractivity contribution is 7.07. The summed E-state index contributed by atoms with van der Waals surface area (Å²) in [5.74, 6) is 0.0219. The monoisotopic (exact) mass is 240 g/mol. The maximum absolute atomic E-state index is 11.6. The number of thiophene rings is 1. The highest BCUT2D eigenvalue weighted by Gasteiger charge is 2.22. The van der Waals surface area contributed by atoms with Crippen LogP contribution >= 0.6 is 11.3 Å². The smallest absolute Gasteiger partial charge is 0.221 e. The Morgan fingerprint density at radius 3 is 2.75 bits per heavy atom. The van der Waals surface area contributed by atoms with Crippen LogP contribution in [0.4, 0.5) is 0 Å². The second-order valence-electron chi connectivity index (χ2n) is 5.08. The van der Waals surface area contributed by atoms with Gasteiger partial charge in [0.2, 0.25) is 5.91 Å². The van der Waals surface area contributed by atoms with Crippen molar-refractivity contribution >= 4 is 17.2 Å². The molecule has 1 rings (SSSR count). The Kier molecular flexibility index (Phi) is 4.50. The molecule has 0 radical (unpaired) electrons. The van der Waals surface area contributed by atoms with Crippen molar-refractivity contribution < 1.29 is 4.79 Å². The first-order valence-electron chi connectivity index (χ1n) is 5.43. The van der Waals surface area contributed by atoms with Crippen LogP contribution in [0.25, 0.3) is 0 Å². The van der Waals surface area contributed by atoms with Gasteiger partial charge in [-0.15, -0.1) is 0 Å². The van der Waals surface area contributed by atoms with Crippen molar-refractivity contribution in [2.24, 2.45) is 11.1 Å². The minimum Gasteiger partial charge on any atom is -0.352 e. The minimum absolute atomic E-state index is 0.0219. The molecule has 16 heavy (non-hydrogen) atoms. The third-order valence-electron chi connectivity index (χ3n) is 2.59. The van der Waals surface area contributed by atoms with Gasteiger partial charge in [0.15, 0.2) is 0 Å². The molecular formula is C12H20N2OS. The van der Waals surface area contributed by atoms with Gasteiger partial charge in [0, 0.05) is 19.0 Å². The van der Waals surface area contributed by atoms with Crippen LogP contribution in [0.5, 0.6) is 0 Å². The summed E-state index contributed by atoms with van der Waals surface area (Å²) in [6.07, 6.45) is 0.383. The van der Waals surface area contributed by atoms with E-state index in [0.29, 0.717) is 13.0 Å². The molecule has 0 saturated heterocycles. The Morgan fingerprint density at radius 1 is 1.56 bits per heavy atom. The van der Waals surface area contributed by atoms with Crippen LogP contribution in [0.2, 0.25) is 0 Å². The third kappa shape index (κ3) is 4.33. The molecule has 0 bridgehead atoms.